The van der Waals surface area contributed by atoms with Crippen LogP contribution in [0.15, 0.2) is 41.0 Å². The van der Waals surface area contributed by atoms with Gasteiger partial charge in [0.1, 0.15) is 23.5 Å². The number of allylic oxidation sites excluding steroid dienone is 2. The van der Waals surface area contributed by atoms with Gasteiger partial charge in [0.15, 0.2) is 0 Å². The molecule has 0 aromatic carbocycles. The van der Waals surface area contributed by atoms with Crippen LogP contribution in [0.5, 0.6) is 0 Å². The van der Waals surface area contributed by atoms with Gasteiger partial charge in [-0.05, 0) is 44.2 Å². The summed E-state index contributed by atoms with van der Waals surface area (Å²) in [6.45, 7) is 5.36. The molecule has 10 nitrogen and oxygen atoms in total. The normalized spacial score (nSPS) is 13.2. The number of esters is 1. The fourth-order valence-corrected chi connectivity index (χ4v) is 3.49. The second kappa shape index (κ2) is 15.7. The summed E-state index contributed by atoms with van der Waals surface area (Å²) in [7, 11) is 0. The molecule has 2 atom stereocenters. The smallest absolute Gasteiger partial charge is 0.329 e. The van der Waals surface area contributed by atoms with Crippen molar-refractivity contribution in [2.24, 2.45) is 5.73 Å². The van der Waals surface area contributed by atoms with E-state index >= 15 is 0 Å². The Bertz CT molecular complexity index is 963. The topological polar surface area (TPSA) is 161 Å². The number of aromatic nitrogens is 1. The first-order valence-electron chi connectivity index (χ1n) is 11.3. The van der Waals surface area contributed by atoms with E-state index in [1.54, 1.807) is 26.0 Å². The van der Waals surface area contributed by atoms with E-state index in [1.807, 2.05) is 13.2 Å². The standard InChI is InChI=1S/C24H34N4O6S/c1-5-8-9-10-15(13-21(29)30)34-24(33)17(7-3)28-22(31)16(6-2)27-23(32)18-11-12-20(35-4)19(14-25)26-18/h6,9-12,15,17H,5,7-8,13-14,25H2,1-4H3,(H,27,32)(H,28,31)(H,29,30)/b10-9+,16-6-/t15-,17+/m1/s1. The number of nitrogens with zero attached hydrogens (tertiary/aromatic N) is 1. The van der Waals surface area contributed by atoms with E-state index in [4.69, 9.17) is 15.6 Å². The molecule has 35 heavy (non-hydrogen) atoms. The highest BCUT2D eigenvalue weighted by atomic mass is 32.2. The summed E-state index contributed by atoms with van der Waals surface area (Å²) < 4.78 is 5.32. The Kier molecular flexibility index (Phi) is 13.4. The van der Waals surface area contributed by atoms with Gasteiger partial charge in [-0.25, -0.2) is 9.78 Å². The van der Waals surface area contributed by atoms with Crippen molar-refractivity contribution in [2.45, 2.75) is 70.0 Å². The predicted molar refractivity (Wildman–Crippen MR) is 134 cm³/mol. The van der Waals surface area contributed by atoms with E-state index in [-0.39, 0.29) is 30.8 Å². The van der Waals surface area contributed by atoms with Gasteiger partial charge < -0.3 is 26.2 Å². The third-order valence-electron chi connectivity index (χ3n) is 4.81. The minimum atomic E-state index is -1.11. The molecule has 0 fully saturated rings. The van der Waals surface area contributed by atoms with Crippen LogP contribution in [0.3, 0.4) is 0 Å². The highest BCUT2D eigenvalue weighted by Crippen LogP contribution is 2.18. The molecule has 0 saturated carbocycles. The first-order chi connectivity index (χ1) is 16.7. The SMILES string of the molecule is C/C=C(\NC(=O)c1ccc(SC)c(CN)n1)C(=O)N[C@@H](CC)C(=O)O[C@H](/C=C/CCC)CC(=O)O. The molecular formula is C24H34N4O6S. The van der Waals surface area contributed by atoms with Gasteiger partial charge in [0.05, 0.1) is 12.1 Å². The summed E-state index contributed by atoms with van der Waals surface area (Å²) in [6, 6.07) is 2.23. The molecule has 0 aliphatic carbocycles. The number of carbonyl (C=O) groups excluding carboxylic acids is 3. The highest BCUT2D eigenvalue weighted by Gasteiger charge is 2.26. The molecule has 192 valence electrons. The largest absolute Gasteiger partial charge is 0.481 e. The third kappa shape index (κ3) is 9.91. The van der Waals surface area contributed by atoms with E-state index in [1.165, 1.54) is 30.0 Å². The Balaban J connectivity index is 2.88. The second-order valence-corrected chi connectivity index (χ2v) is 8.28. The minimum Gasteiger partial charge on any atom is -0.481 e. The quantitative estimate of drug-likeness (QED) is 0.129. The minimum absolute atomic E-state index is 0.0729. The van der Waals surface area contributed by atoms with Crippen molar-refractivity contribution in [1.82, 2.24) is 15.6 Å². The van der Waals surface area contributed by atoms with E-state index in [0.717, 1.165) is 11.3 Å². The van der Waals surface area contributed by atoms with Crippen molar-refractivity contribution in [3.8, 4) is 0 Å². The van der Waals surface area contributed by atoms with Crippen LogP contribution in [0.25, 0.3) is 0 Å². The number of unbranched alkanes of at least 4 members (excludes halogenated alkanes) is 1. The molecule has 1 heterocycles. The summed E-state index contributed by atoms with van der Waals surface area (Å²) in [4.78, 5) is 54.3. The zero-order chi connectivity index (χ0) is 26.4. The van der Waals surface area contributed by atoms with E-state index in [9.17, 15) is 19.2 Å². The number of thioether (sulfide) groups is 1. The molecule has 1 aromatic heterocycles. The van der Waals surface area contributed by atoms with Crippen molar-refractivity contribution >= 4 is 35.5 Å². The van der Waals surface area contributed by atoms with Crippen LogP contribution in [-0.4, -0.2) is 52.2 Å². The van der Waals surface area contributed by atoms with Crippen LogP contribution in [0.1, 0.15) is 62.6 Å². The molecule has 2 amide bonds. The number of carboxylic acid groups (broad SMARTS) is 1. The van der Waals surface area contributed by atoms with Crippen LogP contribution in [-0.2, 0) is 25.7 Å². The van der Waals surface area contributed by atoms with Crippen molar-refractivity contribution in [2.75, 3.05) is 6.26 Å². The maximum Gasteiger partial charge on any atom is 0.329 e. The molecular weight excluding hydrogens is 472 g/mol. The number of nitrogens with one attached hydrogen (secondary N) is 2. The van der Waals surface area contributed by atoms with Crippen molar-refractivity contribution in [3.05, 3.63) is 47.4 Å². The molecule has 11 heteroatoms. The number of carbonyl (C=O) groups is 4. The van der Waals surface area contributed by atoms with Crippen LogP contribution in [0, 0.1) is 0 Å². The molecule has 0 spiro atoms. The fraction of sp³-hybridized carbons (Fsp3) is 0.458. The number of nitrogens with two attached hydrogens (primary N) is 1. The average molecular weight is 507 g/mol. The predicted octanol–water partition coefficient (Wildman–Crippen LogP) is 2.53. The summed E-state index contributed by atoms with van der Waals surface area (Å²) in [5.41, 5.74) is 6.29. The molecule has 0 aliphatic rings. The van der Waals surface area contributed by atoms with Crippen molar-refractivity contribution in [1.29, 1.82) is 0 Å². The summed E-state index contributed by atoms with van der Waals surface area (Å²) in [5.74, 6) is -3.18. The van der Waals surface area contributed by atoms with Gasteiger partial charge in [0, 0.05) is 11.4 Å². The van der Waals surface area contributed by atoms with Gasteiger partial charge in [-0.15, -0.1) is 11.8 Å². The van der Waals surface area contributed by atoms with E-state index in [0.29, 0.717) is 12.1 Å². The first-order valence-corrected chi connectivity index (χ1v) is 12.5. The lowest BCUT2D eigenvalue weighted by molar-refractivity contribution is -0.153. The van der Waals surface area contributed by atoms with Gasteiger partial charge in [-0.3, -0.25) is 14.4 Å². The van der Waals surface area contributed by atoms with E-state index in [2.05, 4.69) is 15.6 Å². The maximum atomic E-state index is 12.8. The Morgan fingerprint density at radius 1 is 1.26 bits per heavy atom. The number of amides is 2. The number of ether oxygens (including phenoxy) is 1. The lowest BCUT2D eigenvalue weighted by Crippen LogP contribution is -2.45. The van der Waals surface area contributed by atoms with Crippen molar-refractivity contribution in [3.63, 3.8) is 0 Å². The van der Waals surface area contributed by atoms with Gasteiger partial charge in [0.25, 0.3) is 11.8 Å². The Morgan fingerprint density at radius 2 is 1.97 bits per heavy atom. The fourth-order valence-electron chi connectivity index (χ4n) is 2.92. The van der Waals surface area contributed by atoms with Crippen LogP contribution < -0.4 is 16.4 Å². The van der Waals surface area contributed by atoms with Gasteiger partial charge >= 0.3 is 11.9 Å². The number of hydrogen-bond acceptors (Lipinski definition) is 8. The third-order valence-corrected chi connectivity index (χ3v) is 5.62. The summed E-state index contributed by atoms with van der Waals surface area (Å²) >= 11 is 1.46. The van der Waals surface area contributed by atoms with Crippen LogP contribution in [0.4, 0.5) is 0 Å². The number of carboxylic acids is 1. The summed E-state index contributed by atoms with van der Waals surface area (Å²) in [5, 5.41) is 14.1. The van der Waals surface area contributed by atoms with Gasteiger partial charge in [-0.2, -0.15) is 0 Å². The number of rotatable bonds is 14. The lowest BCUT2D eigenvalue weighted by Gasteiger charge is -2.20. The monoisotopic (exact) mass is 506 g/mol. The number of hydrogen-bond donors (Lipinski definition) is 4. The van der Waals surface area contributed by atoms with Crippen molar-refractivity contribution < 1.29 is 29.0 Å². The first kappa shape index (κ1) is 29.9. The van der Waals surface area contributed by atoms with Gasteiger partial charge in [0.2, 0.25) is 0 Å². The number of pyridine rings is 1. The molecule has 0 aliphatic heterocycles. The summed E-state index contributed by atoms with van der Waals surface area (Å²) in [6.07, 6.45) is 6.99. The molecule has 0 saturated heterocycles. The molecule has 0 bridgehead atoms. The zero-order valence-corrected chi connectivity index (χ0v) is 21.3. The zero-order valence-electron chi connectivity index (χ0n) is 20.5. The van der Waals surface area contributed by atoms with Gasteiger partial charge in [-0.1, -0.05) is 32.4 Å². The Morgan fingerprint density at radius 3 is 2.51 bits per heavy atom. The van der Waals surface area contributed by atoms with Crippen LogP contribution in [0.2, 0.25) is 0 Å². The Labute approximate surface area is 209 Å². The molecule has 1 rings (SSSR count). The van der Waals surface area contributed by atoms with Crippen LogP contribution >= 0.6 is 11.8 Å². The molecule has 5 N–H and O–H groups in total. The Hall–Kier alpha value is -3.18. The molecule has 0 unspecified atom stereocenters. The maximum absolute atomic E-state index is 12.8. The number of aliphatic carboxylic acids is 1. The van der Waals surface area contributed by atoms with E-state index < -0.39 is 35.9 Å². The average Bonchev–Trinajstić information content (AvgIpc) is 2.84. The second-order valence-electron chi connectivity index (χ2n) is 7.43. The lowest BCUT2D eigenvalue weighted by atomic mass is 10.2. The molecule has 1 aromatic rings. The highest BCUT2D eigenvalue weighted by molar-refractivity contribution is 7.98. The molecule has 0 radical (unpaired) electrons.